The Bertz CT molecular complexity index is 2680. The number of amides is 1. The zero-order valence-electron chi connectivity index (χ0n) is 40.9. The van der Waals surface area contributed by atoms with Crippen molar-refractivity contribution < 1.29 is 74.2 Å². The van der Waals surface area contributed by atoms with Crippen molar-refractivity contribution in [1.29, 1.82) is 0 Å². The Balaban J connectivity index is 1.37. The third-order valence-corrected chi connectivity index (χ3v) is 14.4. The molecule has 1 amide bonds. The molecule has 386 valence electrons. The molecular formula is C50H66N6O15. The van der Waals surface area contributed by atoms with Crippen LogP contribution >= 0.6 is 0 Å². The summed E-state index contributed by atoms with van der Waals surface area (Å²) in [5.74, 6) is -2.47. The normalized spacial score (nSPS) is 27.7. The van der Waals surface area contributed by atoms with Crippen molar-refractivity contribution in [1.82, 2.24) is 30.2 Å². The van der Waals surface area contributed by atoms with Crippen LogP contribution in [0.3, 0.4) is 0 Å². The van der Waals surface area contributed by atoms with Gasteiger partial charge < -0.3 is 75.1 Å². The maximum Gasteiger partial charge on any atom is 0.310 e. The van der Waals surface area contributed by atoms with E-state index in [4.69, 9.17) is 28.9 Å². The molecule has 0 aromatic carbocycles. The van der Waals surface area contributed by atoms with Gasteiger partial charge in [0.1, 0.15) is 48.8 Å². The Morgan fingerprint density at radius 3 is 1.94 bits per heavy atom. The maximum absolute atomic E-state index is 14.9. The average Bonchev–Trinajstić information content (AvgIpc) is 4.04. The number of aromatic nitrogens is 4. The van der Waals surface area contributed by atoms with Crippen molar-refractivity contribution >= 4 is 57.1 Å². The number of hydrogen-bond acceptors (Lipinski definition) is 18. The van der Waals surface area contributed by atoms with Crippen molar-refractivity contribution in [3.8, 4) is 0 Å². The highest BCUT2D eigenvalue weighted by Crippen LogP contribution is 2.44. The minimum Gasteiger partial charge on any atom is -0.469 e. The first-order valence-electron chi connectivity index (χ1n) is 23.7. The monoisotopic (exact) mass is 990 g/mol. The number of nitrogens with zero attached hydrogens (tertiary/aromatic N) is 3. The second kappa shape index (κ2) is 22.1. The van der Waals surface area contributed by atoms with Crippen LogP contribution in [-0.4, -0.2) is 185 Å². The van der Waals surface area contributed by atoms with E-state index in [1.54, 1.807) is 13.0 Å². The molecular weight excluding hydrogens is 925 g/mol. The summed E-state index contributed by atoms with van der Waals surface area (Å²) in [4.78, 5) is 60.1. The van der Waals surface area contributed by atoms with Crippen molar-refractivity contribution in [2.45, 2.75) is 134 Å². The number of aryl methyl sites for hydroxylation is 3. The molecule has 71 heavy (non-hydrogen) atoms. The number of H-pyrrole nitrogens is 2. The van der Waals surface area contributed by atoms with Gasteiger partial charge in [-0.25, -0.2) is 4.98 Å². The Morgan fingerprint density at radius 1 is 0.775 bits per heavy atom. The molecule has 0 aliphatic carbocycles. The molecule has 0 saturated carbocycles. The van der Waals surface area contributed by atoms with Crippen LogP contribution in [0.2, 0.25) is 0 Å². The first kappa shape index (κ1) is 53.4. The van der Waals surface area contributed by atoms with Crippen molar-refractivity contribution in [2.75, 3.05) is 40.4 Å². The van der Waals surface area contributed by atoms with Crippen LogP contribution in [0, 0.1) is 13.8 Å². The summed E-state index contributed by atoms with van der Waals surface area (Å²) < 4.78 is 21.1. The predicted octanol–water partition coefficient (Wildman–Crippen LogP) is 0.642. The van der Waals surface area contributed by atoms with Gasteiger partial charge in [-0.15, -0.1) is 0 Å². The molecule has 7 rings (SSSR count). The van der Waals surface area contributed by atoms with E-state index in [-0.39, 0.29) is 62.6 Å². The van der Waals surface area contributed by atoms with E-state index < -0.39 is 85.2 Å². The van der Waals surface area contributed by atoms with E-state index >= 15 is 0 Å². The van der Waals surface area contributed by atoms with E-state index in [9.17, 15) is 55.2 Å². The highest BCUT2D eigenvalue weighted by atomic mass is 16.6. The lowest BCUT2D eigenvalue weighted by molar-refractivity contribution is -0.291. The van der Waals surface area contributed by atoms with Crippen LogP contribution in [0.15, 0.2) is 24.8 Å². The molecule has 11 N–H and O–H groups in total. The molecule has 2 unspecified atom stereocenters. The van der Waals surface area contributed by atoms with Gasteiger partial charge in [0.05, 0.1) is 43.3 Å². The van der Waals surface area contributed by atoms with E-state index in [1.807, 2.05) is 45.9 Å². The molecule has 3 aromatic rings. The summed E-state index contributed by atoms with van der Waals surface area (Å²) in [6.45, 7) is 13.0. The lowest BCUT2D eigenvalue weighted by Crippen LogP contribution is -2.62. The lowest BCUT2D eigenvalue weighted by Gasteiger charge is -2.43. The maximum atomic E-state index is 14.9. The van der Waals surface area contributed by atoms with E-state index in [1.165, 1.54) is 19.1 Å². The molecule has 3 aromatic heterocycles. The van der Waals surface area contributed by atoms with Crippen LogP contribution in [0.4, 0.5) is 0 Å². The molecule has 21 heteroatoms. The summed E-state index contributed by atoms with van der Waals surface area (Å²) in [5.41, 5.74) is 9.51. The van der Waals surface area contributed by atoms with Gasteiger partial charge in [0.15, 0.2) is 12.6 Å². The van der Waals surface area contributed by atoms with Crippen molar-refractivity contribution in [3.63, 3.8) is 0 Å². The van der Waals surface area contributed by atoms with Gasteiger partial charge in [-0.05, 0) is 74.1 Å². The molecule has 12 atom stereocenters. The van der Waals surface area contributed by atoms with Crippen molar-refractivity contribution in [3.05, 3.63) is 75.4 Å². The molecule has 4 aliphatic heterocycles. The predicted molar refractivity (Wildman–Crippen MR) is 258 cm³/mol. The number of hydrogen-bond donors (Lipinski definition) is 11. The molecule has 0 spiro atoms. The molecule has 4 aliphatic rings. The number of fused-ring (bicyclic) bond motifs is 8. The van der Waals surface area contributed by atoms with E-state index in [0.29, 0.717) is 34.6 Å². The Kier molecular flexibility index (Phi) is 16.6. The summed E-state index contributed by atoms with van der Waals surface area (Å²) in [6, 6.07) is 5.82. The lowest BCUT2D eigenvalue weighted by atomic mass is 9.84. The quantitative estimate of drug-likeness (QED) is 0.0931. The minimum atomic E-state index is -1.88. The van der Waals surface area contributed by atoms with Gasteiger partial charge in [0.2, 0.25) is 0 Å². The number of ether oxygens (including phenoxy) is 4. The minimum absolute atomic E-state index is 0.0256. The smallest absolute Gasteiger partial charge is 0.310 e. The van der Waals surface area contributed by atoms with Gasteiger partial charge in [0, 0.05) is 83.3 Å². The number of esters is 2. The second-order valence-corrected chi connectivity index (χ2v) is 18.6. The first-order valence-corrected chi connectivity index (χ1v) is 23.7. The van der Waals surface area contributed by atoms with Crippen LogP contribution < -0.4 is 5.32 Å². The number of aliphatic hydroxyl groups excluding tert-OH is 8. The van der Waals surface area contributed by atoms with Gasteiger partial charge >= 0.3 is 11.9 Å². The SMILES string of the molecule is C=Cc1c(C)c2cc3nc(c(CC(=O)OC)c4nc(cc5[nH]c(cc1[nH]2)c(C)c5CC)C(C)=C4C(=O)NCCN(C[C@H]1OC(O)[C@H](O)[C@@H](O)[C@H]1O)C[C@H]1OC(O)[C@H](O)[C@@H](O)[C@H]1O)[C@@H](CCC(=O)OC)[C@@H]3C. The van der Waals surface area contributed by atoms with Crippen LogP contribution in [-0.2, 0) is 46.2 Å². The fraction of sp³-hybridized carbons (Fsp3) is 0.540. The first-order chi connectivity index (χ1) is 33.7. The Hall–Kier alpha value is -5.43. The van der Waals surface area contributed by atoms with Crippen LogP contribution in [0.25, 0.3) is 39.3 Å². The molecule has 21 nitrogen and oxygen atoms in total. The number of aliphatic hydroxyl groups is 8. The number of rotatable bonds is 15. The topological polar surface area (TPSA) is 323 Å². The second-order valence-electron chi connectivity index (χ2n) is 18.6. The third kappa shape index (κ3) is 10.7. The number of allylic oxidation sites excluding steroid dienone is 1. The summed E-state index contributed by atoms with van der Waals surface area (Å²) in [7, 11) is 2.55. The fourth-order valence-electron chi connectivity index (χ4n) is 10.0. The van der Waals surface area contributed by atoms with Gasteiger partial charge in [-0.1, -0.05) is 26.5 Å². The average molecular weight is 991 g/mol. The molecule has 2 saturated heterocycles. The van der Waals surface area contributed by atoms with Crippen LogP contribution in [0.5, 0.6) is 0 Å². The Morgan fingerprint density at radius 2 is 1.37 bits per heavy atom. The highest BCUT2D eigenvalue weighted by Gasteiger charge is 2.46. The Labute approximate surface area is 409 Å². The van der Waals surface area contributed by atoms with E-state index in [2.05, 4.69) is 21.9 Å². The number of aromatic amines is 2. The number of methoxy groups -OCH3 is 2. The number of carbonyl (C=O) groups is 3. The molecule has 2 fully saturated rings. The number of nitrogens with one attached hydrogen (secondary N) is 3. The standard InChI is InChI=1S/C50H66N6O15/c1-9-25-21(3)29-16-31-23(5)27(11-12-37(57)68-7)40(54-31)28(15-38(58)69-8)41-39(24(6)32(55-41)18-34-26(10-2)22(4)30(53-34)17-33(25)52-29)48(65)51-13-14-56(19-35-42(59)44(61)46(63)49(66)70-35)20-36-43(60)45(62)47(64)50(67)71-36/h9,16-18,23,27,35-36,42-47,49-50,52-53,59-64,66-67H,1,10-15,19-20H2,2-8H3,(H,51,65)/t23-,27-,35+,36+,42-,43-,44-,45-,46+,47+,49?,50?/m0/s1. The third-order valence-electron chi connectivity index (χ3n) is 14.4. The zero-order valence-corrected chi connectivity index (χ0v) is 40.9. The molecule has 0 radical (unpaired) electrons. The highest BCUT2D eigenvalue weighted by molar-refractivity contribution is 6.27. The van der Waals surface area contributed by atoms with Gasteiger partial charge in [-0.2, -0.15) is 0 Å². The fourth-order valence-corrected chi connectivity index (χ4v) is 10.0. The van der Waals surface area contributed by atoms with Crippen LogP contribution in [0.1, 0.15) is 96.0 Å². The number of carbonyl (C=O) groups excluding carboxylic acids is 3. The van der Waals surface area contributed by atoms with Gasteiger partial charge in [-0.3, -0.25) is 24.3 Å². The zero-order chi connectivity index (χ0) is 51.7. The summed E-state index contributed by atoms with van der Waals surface area (Å²) >= 11 is 0. The van der Waals surface area contributed by atoms with E-state index in [0.717, 1.165) is 44.3 Å². The summed E-state index contributed by atoms with van der Waals surface area (Å²) in [5, 5.41) is 86.5. The van der Waals surface area contributed by atoms with Crippen molar-refractivity contribution in [2.24, 2.45) is 0 Å². The largest absolute Gasteiger partial charge is 0.469 e. The van der Waals surface area contributed by atoms with Gasteiger partial charge in [0.25, 0.3) is 5.91 Å². The summed E-state index contributed by atoms with van der Waals surface area (Å²) in [6.07, 6.45) is -14.7. The molecule has 8 bridgehead atoms. The molecule has 7 heterocycles.